The number of H-pyrrole nitrogens is 1. The number of nitrogen functional groups attached to an aromatic ring is 1. The first kappa shape index (κ1) is 12.6. The highest BCUT2D eigenvalue weighted by molar-refractivity contribution is 7.12. The second-order valence-electron chi connectivity index (χ2n) is 4.17. The van der Waals surface area contributed by atoms with Gasteiger partial charge in [0.2, 0.25) is 5.78 Å². The lowest BCUT2D eigenvalue weighted by molar-refractivity contribution is 0.104. The molecule has 4 nitrogen and oxygen atoms in total. The number of carbonyl (C=O) groups is 1. The van der Waals surface area contributed by atoms with Crippen molar-refractivity contribution in [3.63, 3.8) is 0 Å². The fraction of sp³-hybridized carbons (Fsp3) is 0. The van der Waals surface area contributed by atoms with Gasteiger partial charge in [0.15, 0.2) is 5.82 Å². The van der Waals surface area contributed by atoms with Crippen LogP contribution in [0, 0.1) is 5.82 Å². The minimum Gasteiger partial charge on any atom is -0.382 e. The van der Waals surface area contributed by atoms with Crippen LogP contribution in [0.5, 0.6) is 0 Å². The number of benzene rings is 1. The normalized spacial score (nSPS) is 10.7. The summed E-state index contributed by atoms with van der Waals surface area (Å²) in [6, 6.07) is 9.33. The number of nitrogens with two attached hydrogens (primary N) is 1. The number of ketones is 1. The highest BCUT2D eigenvalue weighted by atomic mass is 32.1. The van der Waals surface area contributed by atoms with Gasteiger partial charge in [-0.15, -0.1) is 11.3 Å². The molecule has 0 fully saturated rings. The quantitative estimate of drug-likeness (QED) is 0.727. The first-order valence-electron chi connectivity index (χ1n) is 5.85. The van der Waals surface area contributed by atoms with Crippen molar-refractivity contribution in [1.29, 1.82) is 0 Å². The second-order valence-corrected chi connectivity index (χ2v) is 5.12. The molecule has 3 aromatic rings. The van der Waals surface area contributed by atoms with Gasteiger partial charge < -0.3 is 5.73 Å². The number of rotatable bonds is 3. The van der Waals surface area contributed by atoms with Crippen molar-refractivity contribution < 1.29 is 9.18 Å². The smallest absolute Gasteiger partial charge is 0.208 e. The van der Waals surface area contributed by atoms with E-state index >= 15 is 0 Å². The van der Waals surface area contributed by atoms with Crippen LogP contribution >= 0.6 is 11.3 Å². The Morgan fingerprint density at radius 2 is 2.00 bits per heavy atom. The number of nitrogens with one attached hydrogen (secondary N) is 1. The molecule has 20 heavy (non-hydrogen) atoms. The number of aromatic amines is 1. The minimum absolute atomic E-state index is 0.141. The molecule has 2 aromatic heterocycles. The molecule has 0 amide bonds. The van der Waals surface area contributed by atoms with Gasteiger partial charge in [0.25, 0.3) is 0 Å². The summed E-state index contributed by atoms with van der Waals surface area (Å²) >= 11 is 1.34. The second kappa shape index (κ2) is 4.90. The summed E-state index contributed by atoms with van der Waals surface area (Å²) in [7, 11) is 0. The molecule has 2 heterocycles. The lowest BCUT2D eigenvalue weighted by Crippen LogP contribution is -2.03. The van der Waals surface area contributed by atoms with Gasteiger partial charge in [0.1, 0.15) is 5.82 Å². The van der Waals surface area contributed by atoms with E-state index in [-0.39, 0.29) is 17.4 Å². The van der Waals surface area contributed by atoms with E-state index in [4.69, 9.17) is 5.73 Å². The van der Waals surface area contributed by atoms with Crippen molar-refractivity contribution in [1.82, 2.24) is 10.2 Å². The van der Waals surface area contributed by atoms with Crippen LogP contribution in [0.25, 0.3) is 11.3 Å². The number of halogens is 1. The van der Waals surface area contributed by atoms with Crippen molar-refractivity contribution >= 4 is 22.9 Å². The van der Waals surface area contributed by atoms with E-state index in [0.29, 0.717) is 21.7 Å². The average Bonchev–Trinajstić information content (AvgIpc) is 3.08. The zero-order valence-electron chi connectivity index (χ0n) is 10.3. The summed E-state index contributed by atoms with van der Waals surface area (Å²) in [6.07, 6.45) is 0. The largest absolute Gasteiger partial charge is 0.382 e. The molecular weight excluding hydrogens is 277 g/mol. The van der Waals surface area contributed by atoms with Crippen LogP contribution in [0.4, 0.5) is 10.2 Å². The fourth-order valence-electron chi connectivity index (χ4n) is 1.94. The van der Waals surface area contributed by atoms with Crippen molar-refractivity contribution in [2.75, 3.05) is 5.73 Å². The molecule has 0 aliphatic rings. The van der Waals surface area contributed by atoms with Crippen molar-refractivity contribution in [3.8, 4) is 11.3 Å². The molecule has 0 atom stereocenters. The Morgan fingerprint density at radius 1 is 1.25 bits per heavy atom. The molecule has 3 N–H and O–H groups in total. The number of aromatic nitrogens is 2. The van der Waals surface area contributed by atoms with Crippen molar-refractivity contribution in [2.24, 2.45) is 0 Å². The maximum Gasteiger partial charge on any atom is 0.208 e. The van der Waals surface area contributed by atoms with E-state index in [2.05, 4.69) is 10.2 Å². The predicted octanol–water partition coefficient (Wildman–Crippen LogP) is 3.09. The number of nitrogens with zero attached hydrogens (tertiary/aromatic N) is 1. The molecule has 6 heteroatoms. The van der Waals surface area contributed by atoms with Crippen LogP contribution in [-0.4, -0.2) is 16.0 Å². The molecular formula is C14H10FN3OS. The highest BCUT2D eigenvalue weighted by Crippen LogP contribution is 2.28. The summed E-state index contributed by atoms with van der Waals surface area (Å²) in [4.78, 5) is 13.0. The summed E-state index contributed by atoms with van der Waals surface area (Å²) in [5.74, 6) is -0.388. The first-order chi connectivity index (χ1) is 9.66. The molecule has 3 rings (SSSR count). The van der Waals surface area contributed by atoms with Gasteiger partial charge in [-0.1, -0.05) is 6.07 Å². The van der Waals surface area contributed by atoms with Crippen LogP contribution < -0.4 is 5.73 Å². The maximum absolute atomic E-state index is 13.0. The molecule has 0 unspecified atom stereocenters. The SMILES string of the molecule is Nc1n[nH]c(-c2ccc(F)cc2)c1C(=O)c1cccs1. The van der Waals surface area contributed by atoms with Crippen molar-refractivity contribution in [3.05, 3.63) is 58.0 Å². The monoisotopic (exact) mass is 287 g/mol. The number of hydrogen-bond donors (Lipinski definition) is 2. The van der Waals surface area contributed by atoms with Crippen LogP contribution in [-0.2, 0) is 0 Å². The topological polar surface area (TPSA) is 71.8 Å². The fourth-order valence-corrected chi connectivity index (χ4v) is 2.61. The first-order valence-corrected chi connectivity index (χ1v) is 6.73. The van der Waals surface area contributed by atoms with Gasteiger partial charge in [-0.3, -0.25) is 9.89 Å². The molecule has 0 radical (unpaired) electrons. The molecule has 0 saturated carbocycles. The van der Waals surface area contributed by atoms with E-state index in [1.54, 1.807) is 24.3 Å². The predicted molar refractivity (Wildman–Crippen MR) is 76.1 cm³/mol. The Morgan fingerprint density at radius 3 is 2.65 bits per heavy atom. The Labute approximate surface area is 118 Å². The molecule has 100 valence electrons. The van der Waals surface area contributed by atoms with Crippen molar-refractivity contribution in [2.45, 2.75) is 0 Å². The summed E-state index contributed by atoms with van der Waals surface area (Å²) in [5, 5.41) is 8.45. The third-order valence-electron chi connectivity index (χ3n) is 2.90. The van der Waals surface area contributed by atoms with Crippen LogP contribution in [0.2, 0.25) is 0 Å². The number of anilines is 1. The number of hydrogen-bond acceptors (Lipinski definition) is 4. The summed E-state index contributed by atoms with van der Waals surface area (Å²) < 4.78 is 13.0. The molecule has 0 aliphatic heterocycles. The molecule has 0 aliphatic carbocycles. The Hall–Kier alpha value is -2.47. The summed E-state index contributed by atoms with van der Waals surface area (Å²) in [5.41, 5.74) is 7.26. The van der Waals surface area contributed by atoms with E-state index in [1.165, 1.54) is 23.5 Å². The minimum atomic E-state index is -0.340. The molecule has 0 bridgehead atoms. The Balaban J connectivity index is 2.10. The third-order valence-corrected chi connectivity index (χ3v) is 3.77. The van der Waals surface area contributed by atoms with E-state index in [0.717, 1.165) is 0 Å². The Kier molecular flexibility index (Phi) is 3.08. The van der Waals surface area contributed by atoms with Gasteiger partial charge in [0, 0.05) is 5.56 Å². The molecule has 0 spiro atoms. The zero-order chi connectivity index (χ0) is 14.1. The van der Waals surface area contributed by atoms with E-state index in [1.807, 2.05) is 5.38 Å². The van der Waals surface area contributed by atoms with Gasteiger partial charge in [-0.25, -0.2) is 4.39 Å². The Bertz CT molecular complexity index is 747. The van der Waals surface area contributed by atoms with Gasteiger partial charge >= 0.3 is 0 Å². The van der Waals surface area contributed by atoms with Gasteiger partial charge in [-0.2, -0.15) is 5.10 Å². The maximum atomic E-state index is 13.0. The van der Waals surface area contributed by atoms with E-state index < -0.39 is 0 Å². The lowest BCUT2D eigenvalue weighted by Gasteiger charge is -2.02. The molecule has 1 aromatic carbocycles. The zero-order valence-corrected chi connectivity index (χ0v) is 11.1. The standard InChI is InChI=1S/C14H10FN3OS/c15-9-5-3-8(4-6-9)12-11(14(16)18-17-12)13(19)10-2-1-7-20-10/h1-7H,(H3,16,17,18). The number of carbonyl (C=O) groups excluding carboxylic acids is 1. The lowest BCUT2D eigenvalue weighted by atomic mass is 10.0. The van der Waals surface area contributed by atoms with Gasteiger partial charge in [0.05, 0.1) is 16.1 Å². The van der Waals surface area contributed by atoms with E-state index in [9.17, 15) is 9.18 Å². The number of thiophene rings is 1. The van der Waals surface area contributed by atoms with Crippen LogP contribution in [0.15, 0.2) is 41.8 Å². The van der Waals surface area contributed by atoms with Gasteiger partial charge in [-0.05, 0) is 35.7 Å². The van der Waals surface area contributed by atoms with Crippen LogP contribution in [0.3, 0.4) is 0 Å². The summed E-state index contributed by atoms with van der Waals surface area (Å²) in [6.45, 7) is 0. The van der Waals surface area contributed by atoms with Crippen LogP contribution in [0.1, 0.15) is 15.2 Å². The molecule has 0 saturated heterocycles. The third kappa shape index (κ3) is 2.10. The highest BCUT2D eigenvalue weighted by Gasteiger charge is 2.21. The average molecular weight is 287 g/mol.